The summed E-state index contributed by atoms with van der Waals surface area (Å²) in [5, 5.41) is 5.48. The topological polar surface area (TPSA) is 27.8 Å². The minimum absolute atomic E-state index is 0.451. The highest BCUT2D eigenvalue weighted by Gasteiger charge is 2.23. The van der Waals surface area contributed by atoms with Gasteiger partial charge in [0.25, 0.3) is 0 Å². The lowest BCUT2D eigenvalue weighted by atomic mass is 9.92. The summed E-state index contributed by atoms with van der Waals surface area (Å²) in [6.45, 7) is 0. The number of nitrogens with one attached hydrogen (secondary N) is 2. The number of H-pyrrole nitrogens is 1. The van der Waals surface area contributed by atoms with Crippen LogP contribution >= 0.6 is 11.6 Å². The van der Waals surface area contributed by atoms with Gasteiger partial charge in [-0.15, -0.1) is 0 Å². The minimum Gasteiger partial charge on any atom is -0.356 e. The lowest BCUT2D eigenvalue weighted by Crippen LogP contribution is -2.21. The Hall–Kier alpha value is -0.990. The molecule has 2 nitrogen and oxygen atoms in total. The molecule has 3 heteroatoms. The van der Waals surface area contributed by atoms with Crippen LogP contribution in [0.2, 0.25) is 5.02 Å². The van der Waals surface area contributed by atoms with Crippen LogP contribution in [-0.2, 0) is 6.42 Å². The first-order chi connectivity index (χ1) is 7.81. The van der Waals surface area contributed by atoms with Crippen molar-refractivity contribution in [3.05, 3.63) is 34.5 Å². The summed E-state index contributed by atoms with van der Waals surface area (Å²) >= 11 is 6.22. The quantitative estimate of drug-likeness (QED) is 0.778. The number of aromatic nitrogens is 1. The van der Waals surface area contributed by atoms with Crippen LogP contribution in [0.25, 0.3) is 10.9 Å². The summed E-state index contributed by atoms with van der Waals surface area (Å²) in [5.41, 5.74) is 3.87. The van der Waals surface area contributed by atoms with Crippen LogP contribution in [0.15, 0.2) is 18.2 Å². The van der Waals surface area contributed by atoms with Crippen LogP contribution in [0.5, 0.6) is 0 Å². The van der Waals surface area contributed by atoms with E-state index in [1.54, 1.807) is 0 Å². The summed E-state index contributed by atoms with van der Waals surface area (Å²) in [6.07, 6.45) is 3.61. The Morgan fingerprint density at radius 2 is 2.31 bits per heavy atom. The van der Waals surface area contributed by atoms with E-state index in [0.29, 0.717) is 6.04 Å². The van der Waals surface area contributed by atoms with Gasteiger partial charge in [-0.05, 0) is 37.9 Å². The van der Waals surface area contributed by atoms with Crippen molar-refractivity contribution < 1.29 is 0 Å². The van der Waals surface area contributed by atoms with Gasteiger partial charge in [-0.2, -0.15) is 0 Å². The van der Waals surface area contributed by atoms with E-state index in [2.05, 4.69) is 16.4 Å². The lowest BCUT2D eigenvalue weighted by Gasteiger charge is -2.21. The SMILES string of the molecule is CNC1CCCc2c1[nH]c1c(Cl)cccc21. The van der Waals surface area contributed by atoms with Gasteiger partial charge in [0.2, 0.25) is 0 Å². The number of hydrogen-bond acceptors (Lipinski definition) is 1. The molecule has 1 unspecified atom stereocenters. The zero-order valence-electron chi connectivity index (χ0n) is 9.31. The van der Waals surface area contributed by atoms with Gasteiger partial charge < -0.3 is 10.3 Å². The number of rotatable bonds is 1. The molecule has 2 N–H and O–H groups in total. The van der Waals surface area contributed by atoms with Gasteiger partial charge in [0.1, 0.15) is 0 Å². The molecule has 1 aliphatic rings. The van der Waals surface area contributed by atoms with Gasteiger partial charge in [0.15, 0.2) is 0 Å². The van der Waals surface area contributed by atoms with E-state index in [1.807, 2.05) is 19.2 Å². The fraction of sp³-hybridized carbons (Fsp3) is 0.385. The lowest BCUT2D eigenvalue weighted by molar-refractivity contribution is 0.489. The van der Waals surface area contributed by atoms with E-state index in [1.165, 1.54) is 29.5 Å². The third-order valence-corrected chi connectivity index (χ3v) is 3.85. The molecule has 0 fully saturated rings. The Kier molecular flexibility index (Phi) is 2.41. The summed E-state index contributed by atoms with van der Waals surface area (Å²) < 4.78 is 0. The zero-order chi connectivity index (χ0) is 11.1. The van der Waals surface area contributed by atoms with Crippen molar-refractivity contribution in [2.45, 2.75) is 25.3 Å². The number of hydrogen-bond donors (Lipinski definition) is 2. The molecule has 0 bridgehead atoms. The number of aryl methyl sites for hydroxylation is 1. The first-order valence-electron chi connectivity index (χ1n) is 5.77. The van der Waals surface area contributed by atoms with E-state index < -0.39 is 0 Å². The van der Waals surface area contributed by atoms with E-state index in [4.69, 9.17) is 11.6 Å². The highest BCUT2D eigenvalue weighted by Crippen LogP contribution is 2.36. The monoisotopic (exact) mass is 234 g/mol. The average Bonchev–Trinajstić information content (AvgIpc) is 2.69. The summed E-state index contributed by atoms with van der Waals surface area (Å²) in [7, 11) is 2.02. The summed E-state index contributed by atoms with van der Waals surface area (Å²) in [5.74, 6) is 0. The van der Waals surface area contributed by atoms with Gasteiger partial charge in [0, 0.05) is 17.1 Å². The van der Waals surface area contributed by atoms with Gasteiger partial charge in [-0.3, -0.25) is 0 Å². The molecule has 0 radical (unpaired) electrons. The van der Waals surface area contributed by atoms with Crippen LogP contribution in [0, 0.1) is 0 Å². The van der Waals surface area contributed by atoms with Gasteiger partial charge in [-0.25, -0.2) is 0 Å². The van der Waals surface area contributed by atoms with Crippen molar-refractivity contribution in [1.82, 2.24) is 10.3 Å². The molecule has 0 spiro atoms. The third kappa shape index (κ3) is 1.37. The summed E-state index contributed by atoms with van der Waals surface area (Å²) in [4.78, 5) is 3.49. The Balaban J connectivity index is 2.28. The van der Waals surface area contributed by atoms with Crippen molar-refractivity contribution >= 4 is 22.5 Å². The fourth-order valence-corrected chi connectivity index (χ4v) is 2.96. The number of para-hydroxylation sites is 1. The van der Waals surface area contributed by atoms with Crippen molar-refractivity contribution in [3.63, 3.8) is 0 Å². The Labute approximate surface area is 100.0 Å². The predicted molar refractivity (Wildman–Crippen MR) is 68.0 cm³/mol. The first-order valence-corrected chi connectivity index (χ1v) is 6.15. The molecule has 0 amide bonds. The first kappa shape index (κ1) is 10.2. The maximum absolute atomic E-state index is 6.22. The third-order valence-electron chi connectivity index (χ3n) is 3.54. The second-order valence-corrected chi connectivity index (χ2v) is 4.82. The van der Waals surface area contributed by atoms with Crippen LogP contribution in [0.4, 0.5) is 0 Å². The Bertz CT molecular complexity index is 530. The van der Waals surface area contributed by atoms with Crippen molar-refractivity contribution in [2.24, 2.45) is 0 Å². The predicted octanol–water partition coefficient (Wildman–Crippen LogP) is 3.42. The molecule has 2 aromatic rings. The van der Waals surface area contributed by atoms with E-state index in [-0.39, 0.29) is 0 Å². The van der Waals surface area contributed by atoms with E-state index in [9.17, 15) is 0 Å². The molecule has 16 heavy (non-hydrogen) atoms. The molecule has 1 aliphatic carbocycles. The number of aromatic amines is 1. The number of halogens is 1. The molecule has 84 valence electrons. The molecule has 3 rings (SSSR count). The molecular formula is C13H15ClN2. The molecule has 0 aliphatic heterocycles. The average molecular weight is 235 g/mol. The van der Waals surface area contributed by atoms with Gasteiger partial charge in [0.05, 0.1) is 10.5 Å². The maximum atomic E-state index is 6.22. The maximum Gasteiger partial charge on any atom is 0.0648 e. The van der Waals surface area contributed by atoms with E-state index in [0.717, 1.165) is 17.0 Å². The van der Waals surface area contributed by atoms with Crippen molar-refractivity contribution in [2.75, 3.05) is 7.05 Å². The van der Waals surface area contributed by atoms with Gasteiger partial charge in [-0.1, -0.05) is 23.7 Å². The van der Waals surface area contributed by atoms with Crippen LogP contribution in [0.3, 0.4) is 0 Å². The highest BCUT2D eigenvalue weighted by atomic mass is 35.5. The minimum atomic E-state index is 0.451. The molecule has 1 atom stereocenters. The van der Waals surface area contributed by atoms with Gasteiger partial charge >= 0.3 is 0 Å². The largest absolute Gasteiger partial charge is 0.356 e. The van der Waals surface area contributed by atoms with Crippen LogP contribution in [-0.4, -0.2) is 12.0 Å². The highest BCUT2D eigenvalue weighted by molar-refractivity contribution is 6.35. The molecule has 0 saturated carbocycles. The van der Waals surface area contributed by atoms with Crippen molar-refractivity contribution in [3.8, 4) is 0 Å². The van der Waals surface area contributed by atoms with E-state index >= 15 is 0 Å². The zero-order valence-corrected chi connectivity index (χ0v) is 10.1. The number of benzene rings is 1. The molecule has 1 aromatic carbocycles. The second-order valence-electron chi connectivity index (χ2n) is 4.41. The van der Waals surface area contributed by atoms with Crippen LogP contribution < -0.4 is 5.32 Å². The fourth-order valence-electron chi connectivity index (χ4n) is 2.74. The molecule has 1 aromatic heterocycles. The smallest absolute Gasteiger partial charge is 0.0648 e. The second kappa shape index (κ2) is 3.79. The molecular weight excluding hydrogens is 220 g/mol. The van der Waals surface area contributed by atoms with Crippen LogP contribution in [0.1, 0.15) is 30.1 Å². The standard InChI is InChI=1S/C13H15ClN2/c1-15-11-7-3-5-9-8-4-2-6-10(14)12(8)16-13(9)11/h2,4,6,11,15-16H,3,5,7H2,1H3. The normalized spacial score (nSPS) is 20.0. The summed E-state index contributed by atoms with van der Waals surface area (Å²) in [6, 6.07) is 6.59. The Morgan fingerprint density at radius 1 is 1.44 bits per heavy atom. The Morgan fingerprint density at radius 3 is 3.12 bits per heavy atom. The molecule has 0 saturated heterocycles. The van der Waals surface area contributed by atoms with Crippen molar-refractivity contribution in [1.29, 1.82) is 0 Å². The number of fused-ring (bicyclic) bond motifs is 3. The molecule has 1 heterocycles.